The van der Waals surface area contributed by atoms with Gasteiger partial charge in [0, 0.05) is 44.6 Å². The lowest BCUT2D eigenvalue weighted by molar-refractivity contribution is -0.144. The van der Waals surface area contributed by atoms with E-state index in [4.69, 9.17) is 0 Å². The van der Waals surface area contributed by atoms with Crippen molar-refractivity contribution < 1.29 is 19.5 Å². The third-order valence-corrected chi connectivity index (χ3v) is 9.66. The molecular formula is C25H39N3O4S. The number of thioether (sulfide) groups is 1. The third kappa shape index (κ3) is 4.14. The molecule has 1 N–H and O–H groups in total. The summed E-state index contributed by atoms with van der Waals surface area (Å²) in [7, 11) is 1.75. The minimum Gasteiger partial charge on any atom is -0.396 e. The lowest BCUT2D eigenvalue weighted by Gasteiger charge is -2.41. The Labute approximate surface area is 202 Å². The van der Waals surface area contributed by atoms with E-state index in [0.717, 1.165) is 6.42 Å². The summed E-state index contributed by atoms with van der Waals surface area (Å²) in [6.07, 6.45) is 5.42. The van der Waals surface area contributed by atoms with Crippen LogP contribution in [0.25, 0.3) is 0 Å². The van der Waals surface area contributed by atoms with Crippen LogP contribution in [0.2, 0.25) is 0 Å². The Kier molecular flexibility index (Phi) is 7.99. The molecule has 3 saturated heterocycles. The smallest absolute Gasteiger partial charge is 0.247 e. The topological polar surface area (TPSA) is 81.2 Å². The van der Waals surface area contributed by atoms with Crippen molar-refractivity contribution in [1.82, 2.24) is 14.7 Å². The Bertz CT molecular complexity index is 803. The van der Waals surface area contributed by atoms with Crippen LogP contribution in [0.5, 0.6) is 0 Å². The summed E-state index contributed by atoms with van der Waals surface area (Å²) in [5.74, 6) is -0.956. The number of unbranched alkanes of at least 4 members (excludes halogenated alkanes) is 1. The average molecular weight is 478 g/mol. The van der Waals surface area contributed by atoms with E-state index in [1.165, 1.54) is 0 Å². The second kappa shape index (κ2) is 10.2. The largest absolute Gasteiger partial charge is 0.396 e. The zero-order chi connectivity index (χ0) is 24.5. The van der Waals surface area contributed by atoms with Gasteiger partial charge in [-0.3, -0.25) is 14.4 Å². The van der Waals surface area contributed by atoms with Gasteiger partial charge in [0.05, 0.1) is 16.6 Å². The van der Waals surface area contributed by atoms with Gasteiger partial charge in [-0.25, -0.2) is 0 Å². The Hall–Kier alpha value is -1.80. The first kappa shape index (κ1) is 25.8. The molecule has 3 aliphatic rings. The summed E-state index contributed by atoms with van der Waals surface area (Å²) in [5.41, 5.74) is 0. The zero-order valence-electron chi connectivity index (χ0n) is 20.4. The summed E-state index contributed by atoms with van der Waals surface area (Å²) in [5, 5.41) is 9.33. The van der Waals surface area contributed by atoms with E-state index in [0.29, 0.717) is 32.5 Å². The van der Waals surface area contributed by atoms with Gasteiger partial charge in [0.15, 0.2) is 0 Å². The van der Waals surface area contributed by atoms with Gasteiger partial charge < -0.3 is 19.8 Å². The molecule has 0 saturated carbocycles. The van der Waals surface area contributed by atoms with Crippen LogP contribution in [-0.4, -0.2) is 92.9 Å². The molecule has 3 fully saturated rings. The predicted octanol–water partition coefficient (Wildman–Crippen LogP) is 2.16. The number of nitrogens with zero attached hydrogens (tertiary/aromatic N) is 3. The molecule has 0 aliphatic carbocycles. The van der Waals surface area contributed by atoms with E-state index in [-0.39, 0.29) is 41.5 Å². The van der Waals surface area contributed by atoms with Gasteiger partial charge in [-0.05, 0) is 39.0 Å². The first-order valence-electron chi connectivity index (χ1n) is 12.0. The van der Waals surface area contributed by atoms with Gasteiger partial charge in [0.2, 0.25) is 17.7 Å². The molecule has 0 aromatic carbocycles. The monoisotopic (exact) mass is 477 g/mol. The summed E-state index contributed by atoms with van der Waals surface area (Å²) in [6, 6.07) is -0.640. The molecule has 0 aromatic rings. The number of hydrogen-bond acceptors (Lipinski definition) is 5. The number of carbonyl (C=O) groups excluding carboxylic acids is 3. The predicted molar refractivity (Wildman–Crippen MR) is 132 cm³/mol. The number of fused-ring (bicyclic) bond motifs is 1. The summed E-state index contributed by atoms with van der Waals surface area (Å²) < 4.78 is -0.609. The van der Waals surface area contributed by atoms with Gasteiger partial charge in [0.1, 0.15) is 6.04 Å². The molecule has 3 aliphatic heterocycles. The van der Waals surface area contributed by atoms with Crippen molar-refractivity contribution in [2.24, 2.45) is 17.8 Å². The molecule has 3 heterocycles. The molecule has 7 nitrogen and oxygen atoms in total. The van der Waals surface area contributed by atoms with Crippen molar-refractivity contribution >= 4 is 29.5 Å². The molecule has 3 amide bonds. The first-order chi connectivity index (χ1) is 15.7. The molecule has 184 valence electrons. The molecule has 8 heteroatoms. The molecule has 0 aromatic heterocycles. The number of likely N-dealkylation sites (N-methyl/N-ethyl adjacent to an activating group) is 1. The first-order valence-corrected chi connectivity index (χ1v) is 12.9. The second-order valence-corrected chi connectivity index (χ2v) is 11.4. The highest BCUT2D eigenvalue weighted by molar-refractivity contribution is 8.02. The highest BCUT2D eigenvalue weighted by atomic mass is 32.2. The molecule has 0 radical (unpaired) electrons. The SMILES string of the molecule is C=CCN(C)C(=O)[C@@H]1[C@H]2C(=O)N(CCCCO)C(C(=O)N(CC=C)C(C)C)C23S[C@@H]1CC3C. The van der Waals surface area contributed by atoms with Gasteiger partial charge in [-0.2, -0.15) is 0 Å². The maximum Gasteiger partial charge on any atom is 0.247 e. The fourth-order valence-corrected chi connectivity index (χ4v) is 8.51. The van der Waals surface area contributed by atoms with E-state index in [1.54, 1.807) is 45.7 Å². The van der Waals surface area contributed by atoms with Crippen LogP contribution < -0.4 is 0 Å². The Balaban J connectivity index is 2.06. The lowest BCUT2D eigenvalue weighted by Crippen LogP contribution is -2.58. The average Bonchev–Trinajstić information content (AvgIpc) is 3.35. The van der Waals surface area contributed by atoms with Crippen LogP contribution in [0.3, 0.4) is 0 Å². The maximum atomic E-state index is 14.1. The molecule has 1 spiro atoms. The molecule has 6 atom stereocenters. The zero-order valence-corrected chi connectivity index (χ0v) is 21.2. The summed E-state index contributed by atoms with van der Waals surface area (Å²) >= 11 is 1.70. The van der Waals surface area contributed by atoms with E-state index < -0.39 is 22.6 Å². The fraction of sp³-hybridized carbons (Fsp3) is 0.720. The van der Waals surface area contributed by atoms with Crippen LogP contribution >= 0.6 is 11.8 Å². The quantitative estimate of drug-likeness (QED) is 0.364. The molecule has 3 rings (SSSR count). The van der Waals surface area contributed by atoms with E-state index in [9.17, 15) is 19.5 Å². The molecule has 3 unspecified atom stereocenters. The van der Waals surface area contributed by atoms with Crippen molar-refractivity contribution in [1.29, 1.82) is 0 Å². The number of rotatable bonds is 11. The fourth-order valence-electron chi connectivity index (χ4n) is 6.10. The number of aliphatic hydroxyl groups excluding tert-OH is 1. The summed E-state index contributed by atoms with van der Waals surface area (Å²) in [4.78, 5) is 46.6. The molecular weight excluding hydrogens is 438 g/mol. The standard InChI is InChI=1S/C25H39N3O4S/c1-7-11-26(6)22(30)19-18-15-17(5)25(33-18)20(19)23(31)28(13-9-10-14-29)21(25)24(32)27(12-8-2)16(3)4/h7-8,16-21,29H,1-2,9-15H2,3-6H3/t17?,18-,19+,20+,21?,25?/m1/s1. The van der Waals surface area contributed by atoms with Crippen molar-refractivity contribution in [3.63, 3.8) is 0 Å². The number of aliphatic hydroxyl groups is 1. The normalized spacial score (nSPS) is 32.2. The Morgan fingerprint density at radius 3 is 2.48 bits per heavy atom. The van der Waals surface area contributed by atoms with Crippen LogP contribution in [0.4, 0.5) is 0 Å². The minimum atomic E-state index is -0.609. The highest BCUT2D eigenvalue weighted by Crippen LogP contribution is 2.68. The lowest BCUT2D eigenvalue weighted by atomic mass is 9.65. The third-order valence-electron chi connectivity index (χ3n) is 7.58. The van der Waals surface area contributed by atoms with Gasteiger partial charge in [-0.1, -0.05) is 19.1 Å². The minimum absolute atomic E-state index is 0.0320. The summed E-state index contributed by atoms with van der Waals surface area (Å²) in [6.45, 7) is 14.9. The van der Waals surface area contributed by atoms with Gasteiger partial charge in [-0.15, -0.1) is 24.9 Å². The molecule has 33 heavy (non-hydrogen) atoms. The Morgan fingerprint density at radius 1 is 1.24 bits per heavy atom. The van der Waals surface area contributed by atoms with E-state index >= 15 is 0 Å². The molecule has 2 bridgehead atoms. The van der Waals surface area contributed by atoms with Crippen LogP contribution in [0.1, 0.15) is 40.0 Å². The van der Waals surface area contributed by atoms with Crippen LogP contribution in [0, 0.1) is 17.8 Å². The van der Waals surface area contributed by atoms with Crippen molar-refractivity contribution in [2.45, 2.75) is 62.1 Å². The van der Waals surface area contributed by atoms with Crippen molar-refractivity contribution in [3.05, 3.63) is 25.3 Å². The van der Waals surface area contributed by atoms with Gasteiger partial charge in [0.25, 0.3) is 0 Å². The van der Waals surface area contributed by atoms with E-state index in [2.05, 4.69) is 20.1 Å². The number of amides is 3. The Morgan fingerprint density at radius 2 is 1.91 bits per heavy atom. The maximum absolute atomic E-state index is 14.1. The number of hydrogen-bond donors (Lipinski definition) is 1. The number of likely N-dealkylation sites (tertiary alicyclic amines) is 1. The van der Waals surface area contributed by atoms with Crippen molar-refractivity contribution in [2.75, 3.05) is 33.3 Å². The van der Waals surface area contributed by atoms with Crippen LogP contribution in [0.15, 0.2) is 25.3 Å². The second-order valence-electron chi connectivity index (χ2n) is 9.90. The number of carbonyl (C=O) groups is 3. The van der Waals surface area contributed by atoms with Gasteiger partial charge >= 0.3 is 0 Å². The van der Waals surface area contributed by atoms with Crippen molar-refractivity contribution in [3.8, 4) is 0 Å². The highest BCUT2D eigenvalue weighted by Gasteiger charge is 2.76. The van der Waals surface area contributed by atoms with E-state index in [1.807, 2.05) is 13.8 Å². The van der Waals surface area contributed by atoms with Crippen LogP contribution in [-0.2, 0) is 14.4 Å².